The zero-order chi connectivity index (χ0) is 28.8. The van der Waals surface area contributed by atoms with E-state index in [2.05, 4.69) is 10.6 Å². The first-order valence-corrected chi connectivity index (χ1v) is 12.9. The van der Waals surface area contributed by atoms with Gasteiger partial charge >= 0.3 is 11.9 Å². The van der Waals surface area contributed by atoms with Crippen molar-refractivity contribution in [1.29, 1.82) is 0 Å². The van der Waals surface area contributed by atoms with E-state index in [1.807, 2.05) is 47.2 Å². The monoisotopic (exact) mass is 571 g/mol. The summed E-state index contributed by atoms with van der Waals surface area (Å²) >= 11 is 6.42. The first-order valence-electron chi connectivity index (χ1n) is 12.5. The predicted molar refractivity (Wildman–Crippen MR) is 145 cm³/mol. The maximum absolute atomic E-state index is 12.4. The zero-order valence-corrected chi connectivity index (χ0v) is 22.7. The van der Waals surface area contributed by atoms with E-state index in [9.17, 15) is 19.5 Å². The van der Waals surface area contributed by atoms with Crippen LogP contribution in [0.5, 0.6) is 11.5 Å². The van der Waals surface area contributed by atoms with Gasteiger partial charge in [0.25, 0.3) is 0 Å². The fraction of sp³-hybridized carbons (Fsp3) is 0.321. The molecule has 212 valence electrons. The van der Waals surface area contributed by atoms with Gasteiger partial charge in [-0.1, -0.05) is 23.7 Å². The van der Waals surface area contributed by atoms with Crippen LogP contribution < -0.4 is 20.1 Å². The molecule has 1 aromatic heterocycles. The number of benzene rings is 2. The molecule has 0 radical (unpaired) electrons. The average Bonchev–Trinajstić information content (AvgIpc) is 3.38. The molecule has 0 bridgehead atoms. The van der Waals surface area contributed by atoms with Crippen LogP contribution in [0.3, 0.4) is 0 Å². The van der Waals surface area contributed by atoms with Crippen molar-refractivity contribution in [3.05, 3.63) is 76.6 Å². The second-order valence-electron chi connectivity index (χ2n) is 9.10. The summed E-state index contributed by atoms with van der Waals surface area (Å²) in [6.45, 7) is -0.0434. The van der Waals surface area contributed by atoms with Crippen LogP contribution in [0, 0.1) is 0 Å². The maximum atomic E-state index is 12.4. The minimum absolute atomic E-state index is 0.0150. The predicted octanol–water partition coefficient (Wildman–Crippen LogP) is 2.77. The molecule has 1 aliphatic rings. The number of aliphatic hydroxyl groups excluding tert-OH is 1. The molecule has 40 heavy (non-hydrogen) atoms. The van der Waals surface area contributed by atoms with E-state index >= 15 is 0 Å². The molecule has 3 atom stereocenters. The standard InChI is InChI=1S/C28H30ClN3O8/c1-38-22-7-3-5-18(26(22)39-2)25-19-13-16(29)8-9-20(19)32-12-4-6-21(32)23(40-25)14-17(33)15-24(34)30-10-11-31-27(35)28(36)37/h3-9,12-13,17,23,25,33H,10-11,14-15H2,1-2H3,(H,30,34)(H,31,35)(H,36,37)/t17?,23-,25-/m1/s1. The van der Waals surface area contributed by atoms with Gasteiger partial charge in [0.15, 0.2) is 11.5 Å². The van der Waals surface area contributed by atoms with E-state index in [1.165, 1.54) is 0 Å². The topological polar surface area (TPSA) is 148 Å². The Balaban J connectivity index is 1.57. The highest BCUT2D eigenvalue weighted by molar-refractivity contribution is 6.31. The highest BCUT2D eigenvalue weighted by Gasteiger charge is 2.34. The van der Waals surface area contributed by atoms with Crippen molar-refractivity contribution in [2.45, 2.75) is 31.2 Å². The molecule has 0 saturated carbocycles. The number of carbonyl (C=O) groups excluding carboxylic acids is 2. The minimum atomic E-state index is -1.61. The number of nitrogens with one attached hydrogen (secondary N) is 2. The molecule has 12 heteroatoms. The molecule has 4 rings (SSSR count). The normalized spacial score (nSPS) is 16.6. The Labute approximate surface area is 235 Å². The average molecular weight is 572 g/mol. The molecule has 4 N–H and O–H groups in total. The van der Waals surface area contributed by atoms with E-state index in [4.69, 9.17) is 30.9 Å². The smallest absolute Gasteiger partial charge is 0.394 e. The molecule has 0 aliphatic carbocycles. The van der Waals surface area contributed by atoms with Gasteiger partial charge in [0.1, 0.15) is 12.2 Å². The summed E-state index contributed by atoms with van der Waals surface area (Å²) in [5, 5.41) is 24.7. The third kappa shape index (κ3) is 6.39. The summed E-state index contributed by atoms with van der Waals surface area (Å²) < 4.78 is 19.9. The van der Waals surface area contributed by atoms with Crippen molar-refractivity contribution in [1.82, 2.24) is 15.2 Å². The number of para-hydroxylation sites is 1. The molecule has 0 saturated heterocycles. The quantitative estimate of drug-likeness (QED) is 0.214. The van der Waals surface area contributed by atoms with Gasteiger partial charge in [-0.2, -0.15) is 0 Å². The Kier molecular flexibility index (Phi) is 9.30. The van der Waals surface area contributed by atoms with E-state index in [1.54, 1.807) is 26.4 Å². The van der Waals surface area contributed by atoms with Gasteiger partial charge in [-0.25, -0.2) is 4.79 Å². The Morgan fingerprint density at radius 2 is 1.82 bits per heavy atom. The first kappa shape index (κ1) is 28.9. The van der Waals surface area contributed by atoms with Crippen molar-refractivity contribution >= 4 is 29.4 Å². The van der Waals surface area contributed by atoms with E-state index in [0.29, 0.717) is 22.1 Å². The number of carboxylic acids is 1. The van der Waals surface area contributed by atoms with E-state index < -0.39 is 36.1 Å². The van der Waals surface area contributed by atoms with Crippen LogP contribution in [0.4, 0.5) is 0 Å². The maximum Gasteiger partial charge on any atom is 0.394 e. The number of aliphatic carboxylic acids is 1. The summed E-state index contributed by atoms with van der Waals surface area (Å²) in [6.07, 6.45) is -0.576. The molecule has 2 aromatic carbocycles. The minimum Gasteiger partial charge on any atom is -0.493 e. The number of halogens is 1. The van der Waals surface area contributed by atoms with Gasteiger partial charge in [0.2, 0.25) is 5.91 Å². The lowest BCUT2D eigenvalue weighted by atomic mass is 9.98. The van der Waals surface area contributed by atoms with Crippen molar-refractivity contribution in [3.8, 4) is 17.2 Å². The van der Waals surface area contributed by atoms with Crippen LogP contribution in [0.1, 0.15) is 41.9 Å². The van der Waals surface area contributed by atoms with Crippen LogP contribution in [0.25, 0.3) is 5.69 Å². The Morgan fingerprint density at radius 1 is 1.05 bits per heavy atom. The van der Waals surface area contributed by atoms with Gasteiger partial charge in [-0.15, -0.1) is 0 Å². The molecule has 0 fully saturated rings. The molecular formula is C28H30ClN3O8. The summed E-state index contributed by atoms with van der Waals surface area (Å²) in [7, 11) is 3.10. The van der Waals surface area contributed by atoms with Crippen LogP contribution in [0.2, 0.25) is 5.02 Å². The molecular weight excluding hydrogens is 542 g/mol. The largest absolute Gasteiger partial charge is 0.493 e. The molecule has 11 nitrogen and oxygen atoms in total. The number of nitrogens with zero attached hydrogens (tertiary/aromatic N) is 1. The lowest BCUT2D eigenvalue weighted by Gasteiger charge is -2.26. The van der Waals surface area contributed by atoms with Gasteiger partial charge in [-0.05, 0) is 36.4 Å². The highest BCUT2D eigenvalue weighted by atomic mass is 35.5. The first-order chi connectivity index (χ1) is 19.2. The fourth-order valence-corrected chi connectivity index (χ4v) is 4.92. The number of ether oxygens (including phenoxy) is 3. The number of fused-ring (bicyclic) bond motifs is 3. The number of aliphatic hydroxyl groups is 1. The van der Waals surface area contributed by atoms with Crippen molar-refractivity contribution < 1.29 is 38.8 Å². The number of carboxylic acid groups (broad SMARTS) is 1. The van der Waals surface area contributed by atoms with Gasteiger partial charge in [-0.3, -0.25) is 9.59 Å². The fourth-order valence-electron chi connectivity index (χ4n) is 4.74. The third-order valence-electron chi connectivity index (χ3n) is 6.49. The van der Waals surface area contributed by atoms with Crippen molar-refractivity contribution in [3.63, 3.8) is 0 Å². The lowest BCUT2D eigenvalue weighted by Crippen LogP contribution is -2.38. The Hall–Kier alpha value is -4.06. The second-order valence-corrected chi connectivity index (χ2v) is 9.53. The van der Waals surface area contributed by atoms with Crippen LogP contribution in [-0.2, 0) is 19.1 Å². The number of hydrogen-bond donors (Lipinski definition) is 4. The molecule has 1 unspecified atom stereocenters. The summed E-state index contributed by atoms with van der Waals surface area (Å²) in [5.74, 6) is -2.19. The number of carbonyl (C=O) groups is 3. The number of amides is 2. The van der Waals surface area contributed by atoms with Gasteiger partial charge in [0, 0.05) is 41.9 Å². The number of aromatic nitrogens is 1. The van der Waals surface area contributed by atoms with E-state index in [0.717, 1.165) is 16.9 Å². The van der Waals surface area contributed by atoms with Gasteiger partial charge < -0.3 is 39.6 Å². The van der Waals surface area contributed by atoms with Gasteiger partial charge in [0.05, 0.1) is 38.1 Å². The SMILES string of the molecule is COc1cccc([C@H]2O[C@H](CC(O)CC(=O)NCCNC(=O)C(=O)O)c3cccn3-c3ccc(Cl)cc32)c1OC. The van der Waals surface area contributed by atoms with Crippen molar-refractivity contribution in [2.24, 2.45) is 0 Å². The zero-order valence-electron chi connectivity index (χ0n) is 21.9. The number of methoxy groups -OCH3 is 2. The Bertz CT molecular complexity index is 1390. The molecule has 0 spiro atoms. The second kappa shape index (κ2) is 12.9. The number of rotatable bonds is 10. The molecule has 2 amide bonds. The van der Waals surface area contributed by atoms with Crippen LogP contribution in [0.15, 0.2) is 54.7 Å². The highest BCUT2D eigenvalue weighted by Crippen LogP contribution is 2.46. The summed E-state index contributed by atoms with van der Waals surface area (Å²) in [5.41, 5.74) is 3.12. The molecule has 1 aliphatic heterocycles. The molecule has 2 heterocycles. The summed E-state index contributed by atoms with van der Waals surface area (Å²) in [6, 6.07) is 14.8. The third-order valence-corrected chi connectivity index (χ3v) is 6.73. The van der Waals surface area contributed by atoms with Crippen LogP contribution in [-0.4, -0.2) is 66.0 Å². The van der Waals surface area contributed by atoms with Crippen molar-refractivity contribution in [2.75, 3.05) is 27.3 Å². The molecule has 3 aromatic rings. The Morgan fingerprint density at radius 3 is 2.55 bits per heavy atom. The lowest BCUT2D eigenvalue weighted by molar-refractivity contribution is -0.150. The van der Waals surface area contributed by atoms with Crippen LogP contribution >= 0.6 is 11.6 Å². The van der Waals surface area contributed by atoms with E-state index in [-0.39, 0.29) is 25.9 Å². The summed E-state index contributed by atoms with van der Waals surface area (Å²) in [4.78, 5) is 34.1. The number of hydrogen-bond acceptors (Lipinski definition) is 7.